The molecule has 0 saturated carbocycles. The molecule has 1 aliphatic rings. The van der Waals surface area contributed by atoms with Crippen molar-refractivity contribution in [3.63, 3.8) is 0 Å². The lowest BCUT2D eigenvalue weighted by Crippen LogP contribution is -2.38. The molecule has 2 aromatic carbocycles. The maximum Gasteiger partial charge on any atom is 0.256 e. The molecule has 1 aliphatic heterocycles. The monoisotopic (exact) mass is 445 g/mol. The van der Waals surface area contributed by atoms with E-state index in [1.165, 1.54) is 12.1 Å². The number of methoxy groups -OCH3 is 1. The molecular formula is C24H26F3N3O2. The predicted molar refractivity (Wildman–Crippen MR) is 116 cm³/mol. The second kappa shape index (κ2) is 9.34. The number of piperidine rings is 1. The lowest BCUT2D eigenvalue weighted by molar-refractivity contribution is 0.0713. The van der Waals surface area contributed by atoms with E-state index in [0.717, 1.165) is 11.6 Å². The van der Waals surface area contributed by atoms with E-state index in [1.807, 2.05) is 0 Å². The summed E-state index contributed by atoms with van der Waals surface area (Å²) in [6.07, 6.45) is 2.72. The fraction of sp³-hybridized carbons (Fsp3) is 0.375. The normalized spacial score (nSPS) is 15.0. The molecular weight excluding hydrogens is 419 g/mol. The summed E-state index contributed by atoms with van der Waals surface area (Å²) in [6, 6.07) is 7.43. The summed E-state index contributed by atoms with van der Waals surface area (Å²) in [4.78, 5) is 14.9. The molecule has 2 N–H and O–H groups in total. The van der Waals surface area contributed by atoms with E-state index in [9.17, 15) is 18.0 Å². The number of carbonyl (C=O) groups is 1. The Hall–Kier alpha value is -2.84. The standard InChI is InChI=1S/C24H26F3N3O2/c1-32-11-10-30-14-18(22-21(30)5-4-20(26)23(22)27)24(31)29-8-6-16(7-9-29)17-12-15(13-28)2-3-19(17)25/h2-5,12,14,16H,6-11,13,28H2,1H3. The van der Waals surface area contributed by atoms with Gasteiger partial charge < -0.3 is 19.9 Å². The van der Waals surface area contributed by atoms with E-state index in [1.54, 1.807) is 34.9 Å². The van der Waals surface area contributed by atoms with Crippen molar-refractivity contribution in [1.29, 1.82) is 0 Å². The summed E-state index contributed by atoms with van der Waals surface area (Å²) < 4.78 is 49.8. The fourth-order valence-corrected chi connectivity index (χ4v) is 4.46. The third-order valence-electron chi connectivity index (χ3n) is 6.22. The molecule has 0 bridgehead atoms. The van der Waals surface area contributed by atoms with Crippen LogP contribution in [-0.4, -0.2) is 42.2 Å². The number of carbonyl (C=O) groups excluding carboxylic acids is 1. The van der Waals surface area contributed by atoms with Crippen molar-refractivity contribution in [2.45, 2.75) is 31.8 Å². The summed E-state index contributed by atoms with van der Waals surface area (Å²) >= 11 is 0. The highest BCUT2D eigenvalue weighted by molar-refractivity contribution is 6.07. The summed E-state index contributed by atoms with van der Waals surface area (Å²) in [6.45, 7) is 1.91. The average molecular weight is 445 g/mol. The van der Waals surface area contributed by atoms with Gasteiger partial charge in [-0.25, -0.2) is 13.2 Å². The third kappa shape index (κ3) is 4.12. The zero-order valence-electron chi connectivity index (χ0n) is 17.9. The van der Waals surface area contributed by atoms with E-state index in [0.29, 0.717) is 56.7 Å². The Labute approximate surface area is 184 Å². The van der Waals surface area contributed by atoms with Crippen molar-refractivity contribution in [1.82, 2.24) is 9.47 Å². The smallest absolute Gasteiger partial charge is 0.256 e. The molecule has 170 valence electrons. The molecule has 1 aromatic heterocycles. The van der Waals surface area contributed by atoms with Crippen LogP contribution in [0.3, 0.4) is 0 Å². The Morgan fingerprint density at radius 1 is 1.12 bits per heavy atom. The Bertz CT molecular complexity index is 1140. The highest BCUT2D eigenvalue weighted by Crippen LogP contribution is 2.33. The second-order valence-corrected chi connectivity index (χ2v) is 8.11. The number of amides is 1. The van der Waals surface area contributed by atoms with Crippen LogP contribution in [0.4, 0.5) is 13.2 Å². The minimum Gasteiger partial charge on any atom is -0.383 e. The van der Waals surface area contributed by atoms with Gasteiger partial charge in [0.25, 0.3) is 5.91 Å². The number of aromatic nitrogens is 1. The molecule has 0 aliphatic carbocycles. The molecule has 3 aromatic rings. The number of rotatable bonds is 6. The number of nitrogens with two attached hydrogens (primary N) is 1. The van der Waals surface area contributed by atoms with Crippen LogP contribution in [0.15, 0.2) is 36.5 Å². The van der Waals surface area contributed by atoms with E-state index < -0.39 is 11.6 Å². The lowest BCUT2D eigenvalue weighted by atomic mass is 9.88. The van der Waals surface area contributed by atoms with Crippen LogP contribution in [-0.2, 0) is 17.8 Å². The maximum absolute atomic E-state index is 14.7. The Balaban J connectivity index is 1.58. The summed E-state index contributed by atoms with van der Waals surface area (Å²) in [5.74, 6) is -2.68. The van der Waals surface area contributed by atoms with Crippen LogP contribution in [0, 0.1) is 17.5 Å². The van der Waals surface area contributed by atoms with Gasteiger partial charge in [0.1, 0.15) is 5.82 Å². The fourth-order valence-electron chi connectivity index (χ4n) is 4.46. The van der Waals surface area contributed by atoms with Crippen molar-refractivity contribution in [2.24, 2.45) is 5.73 Å². The Morgan fingerprint density at radius 2 is 1.84 bits per heavy atom. The van der Waals surface area contributed by atoms with Gasteiger partial charge in [0.15, 0.2) is 11.6 Å². The zero-order valence-corrected chi connectivity index (χ0v) is 17.9. The number of likely N-dealkylation sites (tertiary alicyclic amines) is 1. The van der Waals surface area contributed by atoms with Crippen molar-refractivity contribution in [3.05, 3.63) is 70.7 Å². The van der Waals surface area contributed by atoms with Gasteiger partial charge in [-0.2, -0.15) is 0 Å². The van der Waals surface area contributed by atoms with Crippen LogP contribution >= 0.6 is 0 Å². The first-order chi connectivity index (χ1) is 15.4. The minimum atomic E-state index is -1.03. The van der Waals surface area contributed by atoms with E-state index >= 15 is 0 Å². The molecule has 0 radical (unpaired) electrons. The Kier molecular flexibility index (Phi) is 6.53. The first-order valence-corrected chi connectivity index (χ1v) is 10.7. The number of fused-ring (bicyclic) bond motifs is 1. The molecule has 4 rings (SSSR count). The van der Waals surface area contributed by atoms with Gasteiger partial charge in [0.05, 0.1) is 23.1 Å². The van der Waals surface area contributed by atoms with E-state index in [2.05, 4.69) is 0 Å². The van der Waals surface area contributed by atoms with Crippen LogP contribution < -0.4 is 5.73 Å². The molecule has 32 heavy (non-hydrogen) atoms. The largest absolute Gasteiger partial charge is 0.383 e. The van der Waals surface area contributed by atoms with Crippen molar-refractivity contribution < 1.29 is 22.7 Å². The van der Waals surface area contributed by atoms with Crippen molar-refractivity contribution >= 4 is 16.8 Å². The molecule has 8 heteroatoms. The van der Waals surface area contributed by atoms with Gasteiger partial charge >= 0.3 is 0 Å². The summed E-state index contributed by atoms with van der Waals surface area (Å²) in [5.41, 5.74) is 7.73. The van der Waals surface area contributed by atoms with Gasteiger partial charge in [-0.1, -0.05) is 12.1 Å². The maximum atomic E-state index is 14.7. The van der Waals surface area contributed by atoms with Crippen LogP contribution in [0.1, 0.15) is 40.2 Å². The first-order valence-electron chi connectivity index (χ1n) is 10.7. The lowest BCUT2D eigenvalue weighted by Gasteiger charge is -2.32. The molecule has 0 atom stereocenters. The summed E-state index contributed by atoms with van der Waals surface area (Å²) in [7, 11) is 1.55. The molecule has 0 spiro atoms. The molecule has 2 heterocycles. The van der Waals surface area contributed by atoms with Gasteiger partial charge in [0, 0.05) is 39.5 Å². The van der Waals surface area contributed by atoms with Crippen LogP contribution in [0.2, 0.25) is 0 Å². The molecule has 0 unspecified atom stereocenters. The third-order valence-corrected chi connectivity index (χ3v) is 6.22. The Morgan fingerprint density at radius 3 is 2.53 bits per heavy atom. The van der Waals surface area contributed by atoms with Gasteiger partial charge in [-0.15, -0.1) is 0 Å². The van der Waals surface area contributed by atoms with Gasteiger partial charge in [-0.3, -0.25) is 4.79 Å². The number of benzene rings is 2. The zero-order chi connectivity index (χ0) is 22.8. The minimum absolute atomic E-state index is 0.0186. The second-order valence-electron chi connectivity index (χ2n) is 8.11. The number of hydrogen-bond acceptors (Lipinski definition) is 3. The van der Waals surface area contributed by atoms with Crippen molar-refractivity contribution in [3.8, 4) is 0 Å². The van der Waals surface area contributed by atoms with Crippen LogP contribution in [0.5, 0.6) is 0 Å². The number of nitrogens with zero attached hydrogens (tertiary/aromatic N) is 2. The van der Waals surface area contributed by atoms with E-state index in [-0.39, 0.29) is 28.6 Å². The molecule has 1 saturated heterocycles. The van der Waals surface area contributed by atoms with E-state index in [4.69, 9.17) is 10.5 Å². The van der Waals surface area contributed by atoms with Crippen molar-refractivity contribution in [2.75, 3.05) is 26.8 Å². The highest BCUT2D eigenvalue weighted by Gasteiger charge is 2.29. The first kappa shape index (κ1) is 22.4. The number of hydrogen-bond donors (Lipinski definition) is 1. The number of halogens is 3. The predicted octanol–water partition coefficient (Wildman–Crippen LogP) is 4.18. The van der Waals surface area contributed by atoms with Gasteiger partial charge in [-0.05, 0) is 48.1 Å². The quantitative estimate of drug-likeness (QED) is 0.619. The molecule has 5 nitrogen and oxygen atoms in total. The molecule has 1 amide bonds. The highest BCUT2D eigenvalue weighted by atomic mass is 19.2. The van der Waals surface area contributed by atoms with Gasteiger partial charge in [0.2, 0.25) is 0 Å². The topological polar surface area (TPSA) is 60.5 Å². The number of ether oxygens (including phenoxy) is 1. The van der Waals surface area contributed by atoms with Crippen LogP contribution in [0.25, 0.3) is 10.9 Å². The SMILES string of the molecule is COCCn1cc(C(=O)N2CCC(c3cc(CN)ccc3F)CC2)c2c(F)c(F)ccc21. The molecule has 1 fully saturated rings. The summed E-state index contributed by atoms with van der Waals surface area (Å²) in [5, 5.41) is -0.0186. The average Bonchev–Trinajstić information content (AvgIpc) is 3.19.